The van der Waals surface area contributed by atoms with Crippen LogP contribution in [-0.4, -0.2) is 0 Å². The summed E-state index contributed by atoms with van der Waals surface area (Å²) in [7, 11) is 0. The normalized spacial score (nSPS) is 21.2. The summed E-state index contributed by atoms with van der Waals surface area (Å²) in [6.45, 7) is 0. The predicted octanol–water partition coefficient (Wildman–Crippen LogP) is 3.72. The van der Waals surface area contributed by atoms with E-state index in [4.69, 9.17) is 11.6 Å². The molecule has 0 radical (unpaired) electrons. The third-order valence-electron chi connectivity index (χ3n) is 2.22. The molecule has 1 heteroatoms. The lowest BCUT2D eigenvalue weighted by atomic mass is 10.1. The van der Waals surface area contributed by atoms with Gasteiger partial charge in [0.1, 0.15) is 0 Å². The summed E-state index contributed by atoms with van der Waals surface area (Å²) in [5.41, 5.74) is 2.59. The molecule has 0 unspecified atom stereocenters. The van der Waals surface area contributed by atoms with Crippen LogP contribution in [0.3, 0.4) is 0 Å². The first-order valence-electron chi connectivity index (χ1n) is 4.30. The number of hydrogen-bond donors (Lipinski definition) is 0. The summed E-state index contributed by atoms with van der Waals surface area (Å²) in [4.78, 5) is 0. The van der Waals surface area contributed by atoms with Crippen molar-refractivity contribution in [3.63, 3.8) is 0 Å². The molecular weight excluding hydrogens is 168 g/mol. The lowest BCUT2D eigenvalue weighted by molar-refractivity contribution is 0.912. The van der Waals surface area contributed by atoms with Crippen molar-refractivity contribution in [2.45, 2.75) is 19.3 Å². The van der Waals surface area contributed by atoms with Gasteiger partial charge in [0.15, 0.2) is 0 Å². The van der Waals surface area contributed by atoms with Gasteiger partial charge in [-0.2, -0.15) is 0 Å². The lowest BCUT2D eigenvalue weighted by Crippen LogP contribution is -1.74. The second-order valence-electron chi connectivity index (χ2n) is 3.15. The SMILES string of the molecule is ClC1=C(C=C2C=CC=C2)CCC1. The highest BCUT2D eigenvalue weighted by Gasteiger charge is 2.10. The minimum Gasteiger partial charge on any atom is -0.0889 e. The monoisotopic (exact) mass is 178 g/mol. The van der Waals surface area contributed by atoms with E-state index in [1.807, 2.05) is 0 Å². The molecule has 0 atom stereocenters. The van der Waals surface area contributed by atoms with Gasteiger partial charge in [0.05, 0.1) is 0 Å². The van der Waals surface area contributed by atoms with Crippen molar-refractivity contribution in [2.75, 3.05) is 0 Å². The quantitative estimate of drug-likeness (QED) is 0.574. The molecule has 0 amide bonds. The molecule has 2 rings (SSSR count). The minimum atomic E-state index is 1.05. The smallest absolute Gasteiger partial charge is 0.0213 e. The fraction of sp³-hybridized carbons (Fsp3) is 0.273. The highest BCUT2D eigenvalue weighted by molar-refractivity contribution is 6.30. The molecule has 0 fully saturated rings. The molecule has 0 aliphatic heterocycles. The van der Waals surface area contributed by atoms with Gasteiger partial charge in [-0.05, 0) is 30.4 Å². The molecule has 62 valence electrons. The van der Waals surface area contributed by atoms with E-state index in [9.17, 15) is 0 Å². The maximum Gasteiger partial charge on any atom is 0.0213 e. The zero-order valence-corrected chi connectivity index (χ0v) is 7.64. The summed E-state index contributed by atoms with van der Waals surface area (Å²) < 4.78 is 0. The van der Waals surface area contributed by atoms with Crippen LogP contribution in [0.15, 0.2) is 46.6 Å². The van der Waals surface area contributed by atoms with E-state index >= 15 is 0 Å². The average Bonchev–Trinajstić information content (AvgIpc) is 2.65. The molecule has 0 saturated heterocycles. The third kappa shape index (κ3) is 1.54. The van der Waals surface area contributed by atoms with E-state index in [1.165, 1.54) is 17.6 Å². The highest BCUT2D eigenvalue weighted by atomic mass is 35.5. The Bertz CT molecular complexity index is 289. The summed E-state index contributed by atoms with van der Waals surface area (Å²) in [5.74, 6) is 0. The van der Waals surface area contributed by atoms with Crippen LogP contribution in [0, 0.1) is 0 Å². The van der Waals surface area contributed by atoms with E-state index in [1.54, 1.807) is 0 Å². The highest BCUT2D eigenvalue weighted by Crippen LogP contribution is 2.30. The molecule has 0 nitrogen and oxygen atoms in total. The predicted molar refractivity (Wildman–Crippen MR) is 53.1 cm³/mol. The lowest BCUT2D eigenvalue weighted by Gasteiger charge is -1.94. The standard InChI is InChI=1S/C11H11Cl/c12-11-7-3-6-10(11)8-9-4-1-2-5-9/h1-2,4-5,8H,3,6-7H2. The van der Waals surface area contributed by atoms with E-state index in [-0.39, 0.29) is 0 Å². The third-order valence-corrected chi connectivity index (χ3v) is 2.65. The van der Waals surface area contributed by atoms with Crippen LogP contribution in [-0.2, 0) is 0 Å². The molecule has 12 heavy (non-hydrogen) atoms. The van der Waals surface area contributed by atoms with Crippen LogP contribution >= 0.6 is 11.6 Å². The van der Waals surface area contributed by atoms with E-state index in [0.717, 1.165) is 17.9 Å². The Morgan fingerprint density at radius 2 is 1.92 bits per heavy atom. The largest absolute Gasteiger partial charge is 0.0889 e. The zero-order valence-electron chi connectivity index (χ0n) is 6.89. The Labute approximate surface area is 77.9 Å². The van der Waals surface area contributed by atoms with Crippen molar-refractivity contribution in [1.82, 2.24) is 0 Å². The summed E-state index contributed by atoms with van der Waals surface area (Å²) in [6.07, 6.45) is 13.9. The van der Waals surface area contributed by atoms with Crippen molar-refractivity contribution in [3.05, 3.63) is 46.6 Å². The fourth-order valence-electron chi connectivity index (χ4n) is 1.57. The van der Waals surface area contributed by atoms with Gasteiger partial charge in [0.2, 0.25) is 0 Å². The van der Waals surface area contributed by atoms with Crippen molar-refractivity contribution in [1.29, 1.82) is 0 Å². The first-order chi connectivity index (χ1) is 5.86. The Hall–Kier alpha value is -0.750. The van der Waals surface area contributed by atoms with Crippen molar-refractivity contribution >= 4 is 11.6 Å². The van der Waals surface area contributed by atoms with Gasteiger partial charge in [0, 0.05) is 5.03 Å². The van der Waals surface area contributed by atoms with Crippen molar-refractivity contribution in [3.8, 4) is 0 Å². The van der Waals surface area contributed by atoms with Crippen LogP contribution in [0.25, 0.3) is 0 Å². The maximum atomic E-state index is 6.04. The zero-order chi connectivity index (χ0) is 8.39. The molecule has 2 aliphatic rings. The van der Waals surface area contributed by atoms with E-state index < -0.39 is 0 Å². The molecule has 2 aliphatic carbocycles. The summed E-state index contributed by atoms with van der Waals surface area (Å²) in [6, 6.07) is 0. The molecule has 0 aromatic rings. The molecule has 0 aromatic heterocycles. The maximum absolute atomic E-state index is 6.04. The molecule has 0 heterocycles. The van der Waals surface area contributed by atoms with Gasteiger partial charge in [-0.1, -0.05) is 42.0 Å². The minimum absolute atomic E-state index is 1.05. The van der Waals surface area contributed by atoms with Gasteiger partial charge < -0.3 is 0 Å². The summed E-state index contributed by atoms with van der Waals surface area (Å²) >= 11 is 6.04. The van der Waals surface area contributed by atoms with Gasteiger partial charge in [0.25, 0.3) is 0 Å². The summed E-state index contributed by atoms with van der Waals surface area (Å²) in [5, 5.41) is 1.05. The molecule has 0 aromatic carbocycles. The number of halogens is 1. The molecule has 0 spiro atoms. The van der Waals surface area contributed by atoms with Gasteiger partial charge in [-0.15, -0.1) is 0 Å². The number of allylic oxidation sites excluding steroid dienone is 8. The van der Waals surface area contributed by atoms with Gasteiger partial charge >= 0.3 is 0 Å². The number of hydrogen-bond acceptors (Lipinski definition) is 0. The first kappa shape index (κ1) is 7.88. The molecular formula is C11H11Cl. The van der Waals surface area contributed by atoms with E-state index in [2.05, 4.69) is 30.4 Å². The van der Waals surface area contributed by atoms with Crippen molar-refractivity contribution < 1.29 is 0 Å². The van der Waals surface area contributed by atoms with Gasteiger partial charge in [-0.3, -0.25) is 0 Å². The fourth-order valence-corrected chi connectivity index (χ4v) is 1.85. The Balaban J connectivity index is 2.21. The molecule has 0 bridgehead atoms. The number of rotatable bonds is 1. The van der Waals surface area contributed by atoms with Crippen LogP contribution in [0.2, 0.25) is 0 Å². The Morgan fingerprint density at radius 3 is 2.50 bits per heavy atom. The Morgan fingerprint density at radius 1 is 1.17 bits per heavy atom. The van der Waals surface area contributed by atoms with Crippen LogP contribution in [0.5, 0.6) is 0 Å². The van der Waals surface area contributed by atoms with E-state index in [0.29, 0.717) is 0 Å². The second-order valence-corrected chi connectivity index (χ2v) is 3.60. The van der Waals surface area contributed by atoms with Crippen LogP contribution < -0.4 is 0 Å². The van der Waals surface area contributed by atoms with Crippen molar-refractivity contribution in [2.24, 2.45) is 0 Å². The second kappa shape index (κ2) is 3.32. The molecule has 0 saturated carbocycles. The first-order valence-corrected chi connectivity index (χ1v) is 4.68. The molecule has 0 N–H and O–H groups in total. The average molecular weight is 179 g/mol. The topological polar surface area (TPSA) is 0 Å². The Kier molecular flexibility index (Phi) is 2.18. The van der Waals surface area contributed by atoms with Gasteiger partial charge in [-0.25, -0.2) is 0 Å². The van der Waals surface area contributed by atoms with Crippen LogP contribution in [0.1, 0.15) is 19.3 Å². The van der Waals surface area contributed by atoms with Crippen LogP contribution in [0.4, 0.5) is 0 Å².